The zero-order valence-electron chi connectivity index (χ0n) is 15.4. The SMILES string of the molecule is COc1ccc(F)cc1C(=O)N1CCC(C(=O)N2CCCCCC2)CC1. The van der Waals surface area contributed by atoms with Crippen LogP contribution in [0.5, 0.6) is 5.75 Å². The second kappa shape index (κ2) is 8.52. The minimum absolute atomic E-state index is 0.00782. The van der Waals surface area contributed by atoms with Crippen molar-refractivity contribution in [3.05, 3.63) is 29.6 Å². The molecule has 2 fully saturated rings. The summed E-state index contributed by atoms with van der Waals surface area (Å²) in [7, 11) is 1.47. The van der Waals surface area contributed by atoms with Crippen molar-refractivity contribution in [3.63, 3.8) is 0 Å². The number of piperidine rings is 1. The smallest absolute Gasteiger partial charge is 0.257 e. The Hall–Kier alpha value is -2.11. The molecule has 0 saturated carbocycles. The van der Waals surface area contributed by atoms with Crippen LogP contribution in [0.2, 0.25) is 0 Å². The highest BCUT2D eigenvalue weighted by Crippen LogP contribution is 2.26. The van der Waals surface area contributed by atoms with Gasteiger partial charge in [0.15, 0.2) is 0 Å². The summed E-state index contributed by atoms with van der Waals surface area (Å²) >= 11 is 0. The average molecular weight is 362 g/mol. The second-order valence-electron chi connectivity index (χ2n) is 7.15. The van der Waals surface area contributed by atoms with E-state index >= 15 is 0 Å². The van der Waals surface area contributed by atoms with Gasteiger partial charge < -0.3 is 14.5 Å². The molecule has 2 amide bonds. The molecule has 142 valence electrons. The maximum absolute atomic E-state index is 13.5. The van der Waals surface area contributed by atoms with E-state index in [4.69, 9.17) is 4.74 Å². The number of ether oxygens (including phenoxy) is 1. The number of carbonyl (C=O) groups excluding carboxylic acids is 2. The zero-order chi connectivity index (χ0) is 18.5. The Labute approximate surface area is 154 Å². The molecule has 5 nitrogen and oxygen atoms in total. The number of rotatable bonds is 3. The van der Waals surface area contributed by atoms with Crippen molar-refractivity contribution in [2.45, 2.75) is 38.5 Å². The first-order chi connectivity index (χ1) is 12.6. The van der Waals surface area contributed by atoms with Crippen molar-refractivity contribution in [1.29, 1.82) is 0 Å². The maximum atomic E-state index is 13.5. The van der Waals surface area contributed by atoms with E-state index in [1.54, 1.807) is 4.90 Å². The standard InChI is InChI=1S/C20H27FN2O3/c1-26-18-7-6-16(21)14-17(18)20(25)23-12-8-15(9-13-23)19(24)22-10-4-2-3-5-11-22/h6-7,14-15H,2-5,8-13H2,1H3. The van der Waals surface area contributed by atoms with E-state index in [0.29, 0.717) is 31.7 Å². The number of carbonyl (C=O) groups is 2. The number of methoxy groups -OCH3 is 1. The van der Waals surface area contributed by atoms with Crippen molar-refractivity contribution >= 4 is 11.8 Å². The highest BCUT2D eigenvalue weighted by atomic mass is 19.1. The first kappa shape index (κ1) is 18.7. The molecule has 0 spiro atoms. The van der Waals surface area contributed by atoms with Gasteiger partial charge in [-0.1, -0.05) is 12.8 Å². The fourth-order valence-corrected chi connectivity index (χ4v) is 3.90. The molecule has 0 N–H and O–H groups in total. The largest absolute Gasteiger partial charge is 0.496 e. The van der Waals surface area contributed by atoms with E-state index in [2.05, 4.69) is 0 Å². The van der Waals surface area contributed by atoms with Gasteiger partial charge in [-0.2, -0.15) is 0 Å². The van der Waals surface area contributed by atoms with Crippen LogP contribution in [-0.2, 0) is 4.79 Å². The maximum Gasteiger partial charge on any atom is 0.257 e. The second-order valence-corrected chi connectivity index (χ2v) is 7.15. The number of hydrogen-bond donors (Lipinski definition) is 0. The van der Waals surface area contributed by atoms with Crippen LogP contribution in [0.1, 0.15) is 48.9 Å². The normalized spacial score (nSPS) is 19.2. The van der Waals surface area contributed by atoms with Gasteiger partial charge in [0.05, 0.1) is 12.7 Å². The molecule has 2 aliphatic rings. The van der Waals surface area contributed by atoms with Gasteiger partial charge in [-0.3, -0.25) is 9.59 Å². The molecule has 0 aliphatic carbocycles. The molecule has 2 aliphatic heterocycles. The van der Waals surface area contributed by atoms with Crippen molar-refractivity contribution < 1.29 is 18.7 Å². The number of halogens is 1. The fourth-order valence-electron chi connectivity index (χ4n) is 3.90. The number of benzene rings is 1. The monoisotopic (exact) mass is 362 g/mol. The van der Waals surface area contributed by atoms with Gasteiger partial charge in [0.2, 0.25) is 5.91 Å². The molecule has 6 heteroatoms. The number of nitrogens with zero attached hydrogens (tertiary/aromatic N) is 2. The lowest BCUT2D eigenvalue weighted by molar-refractivity contribution is -0.136. The summed E-state index contributed by atoms with van der Waals surface area (Å²) in [6, 6.07) is 3.97. The molecule has 0 bridgehead atoms. The molecular formula is C20H27FN2O3. The van der Waals surface area contributed by atoms with Gasteiger partial charge in [-0.25, -0.2) is 4.39 Å². The molecule has 0 unspecified atom stereocenters. The van der Waals surface area contributed by atoms with Crippen LogP contribution in [0, 0.1) is 11.7 Å². The molecule has 1 aromatic carbocycles. The number of hydrogen-bond acceptors (Lipinski definition) is 3. The minimum Gasteiger partial charge on any atom is -0.496 e. The molecule has 0 aromatic heterocycles. The van der Waals surface area contributed by atoms with E-state index in [9.17, 15) is 14.0 Å². The summed E-state index contributed by atoms with van der Waals surface area (Å²) in [4.78, 5) is 29.2. The van der Waals surface area contributed by atoms with Crippen LogP contribution in [0.25, 0.3) is 0 Å². The fraction of sp³-hybridized carbons (Fsp3) is 0.600. The van der Waals surface area contributed by atoms with E-state index < -0.39 is 5.82 Å². The average Bonchev–Trinajstić information content (AvgIpc) is 2.96. The van der Waals surface area contributed by atoms with Gasteiger partial charge in [0, 0.05) is 32.1 Å². The summed E-state index contributed by atoms with van der Waals surface area (Å²) in [6.07, 6.45) is 5.90. The number of likely N-dealkylation sites (tertiary alicyclic amines) is 2. The summed E-state index contributed by atoms with van der Waals surface area (Å²) in [5, 5.41) is 0. The van der Waals surface area contributed by atoms with E-state index in [1.165, 1.54) is 38.2 Å². The third kappa shape index (κ3) is 4.17. The predicted octanol–water partition coefficient (Wildman–Crippen LogP) is 3.09. The highest BCUT2D eigenvalue weighted by molar-refractivity contribution is 5.97. The van der Waals surface area contributed by atoms with Crippen LogP contribution in [0.15, 0.2) is 18.2 Å². The first-order valence-corrected chi connectivity index (χ1v) is 9.51. The predicted molar refractivity (Wildman–Crippen MR) is 96.6 cm³/mol. The molecule has 3 rings (SSSR count). The van der Waals surface area contributed by atoms with Crippen molar-refractivity contribution in [2.75, 3.05) is 33.3 Å². The zero-order valence-corrected chi connectivity index (χ0v) is 15.4. The van der Waals surface area contributed by atoms with Crippen LogP contribution in [0.3, 0.4) is 0 Å². The van der Waals surface area contributed by atoms with Gasteiger partial charge in [0.25, 0.3) is 5.91 Å². The van der Waals surface area contributed by atoms with Crippen LogP contribution < -0.4 is 4.74 Å². The summed E-state index contributed by atoms with van der Waals surface area (Å²) < 4.78 is 18.7. The highest BCUT2D eigenvalue weighted by Gasteiger charge is 2.31. The molecule has 2 heterocycles. The Bertz CT molecular complexity index is 648. The summed E-state index contributed by atoms with van der Waals surface area (Å²) in [6.45, 7) is 2.75. The Balaban J connectivity index is 1.60. The van der Waals surface area contributed by atoms with Crippen molar-refractivity contribution in [2.24, 2.45) is 5.92 Å². The van der Waals surface area contributed by atoms with E-state index in [0.717, 1.165) is 25.9 Å². The first-order valence-electron chi connectivity index (χ1n) is 9.51. The Kier molecular flexibility index (Phi) is 6.12. The van der Waals surface area contributed by atoms with E-state index in [1.807, 2.05) is 4.90 Å². The van der Waals surface area contributed by atoms with Crippen LogP contribution in [-0.4, -0.2) is 54.9 Å². The lowest BCUT2D eigenvalue weighted by Gasteiger charge is -2.34. The summed E-state index contributed by atoms with van der Waals surface area (Å²) in [5.41, 5.74) is 0.241. The van der Waals surface area contributed by atoms with Crippen LogP contribution in [0.4, 0.5) is 4.39 Å². The van der Waals surface area contributed by atoms with Crippen molar-refractivity contribution in [3.8, 4) is 5.75 Å². The lowest BCUT2D eigenvalue weighted by atomic mass is 9.94. The van der Waals surface area contributed by atoms with E-state index in [-0.39, 0.29) is 23.3 Å². The topological polar surface area (TPSA) is 49.9 Å². The Morgan fingerprint density at radius 3 is 2.27 bits per heavy atom. The molecule has 1 aromatic rings. The van der Waals surface area contributed by atoms with Gasteiger partial charge in [-0.05, 0) is 43.9 Å². The van der Waals surface area contributed by atoms with Crippen LogP contribution >= 0.6 is 0 Å². The minimum atomic E-state index is -0.458. The Morgan fingerprint density at radius 1 is 1.00 bits per heavy atom. The van der Waals surface area contributed by atoms with Gasteiger partial charge >= 0.3 is 0 Å². The molecule has 26 heavy (non-hydrogen) atoms. The third-order valence-electron chi connectivity index (χ3n) is 5.44. The molecule has 0 atom stereocenters. The Morgan fingerprint density at radius 2 is 1.65 bits per heavy atom. The molecular weight excluding hydrogens is 335 g/mol. The number of amides is 2. The molecule has 2 saturated heterocycles. The van der Waals surface area contributed by atoms with Crippen molar-refractivity contribution in [1.82, 2.24) is 9.80 Å². The van der Waals surface area contributed by atoms with Gasteiger partial charge in [-0.15, -0.1) is 0 Å². The quantitative estimate of drug-likeness (QED) is 0.830. The summed E-state index contributed by atoms with van der Waals surface area (Å²) in [5.74, 6) is -0.0875. The lowest BCUT2D eigenvalue weighted by Crippen LogP contribution is -2.44. The van der Waals surface area contributed by atoms with Gasteiger partial charge in [0.1, 0.15) is 11.6 Å². The third-order valence-corrected chi connectivity index (χ3v) is 5.44. The molecule has 0 radical (unpaired) electrons.